The van der Waals surface area contributed by atoms with E-state index in [-0.39, 0.29) is 0 Å². The molecule has 0 aliphatic heterocycles. The first kappa shape index (κ1) is 7.87. The van der Waals surface area contributed by atoms with Crippen LogP contribution < -0.4 is 0 Å². The zero-order valence-corrected chi connectivity index (χ0v) is 8.42. The molecule has 0 heterocycles. The molecular formula is C5H12OSi2. The minimum atomic E-state index is -0.985. The fourth-order valence-electron chi connectivity index (χ4n) is 0.453. The highest BCUT2D eigenvalue weighted by Crippen LogP contribution is 1.92. The maximum atomic E-state index is 5.23. The van der Waals surface area contributed by atoms with Crippen molar-refractivity contribution >= 4 is 19.5 Å². The van der Waals surface area contributed by atoms with Gasteiger partial charge in [-0.2, -0.15) is 0 Å². The van der Waals surface area contributed by atoms with Crippen molar-refractivity contribution < 1.29 is 4.12 Å². The maximum absolute atomic E-state index is 5.23. The summed E-state index contributed by atoms with van der Waals surface area (Å²) in [6.07, 6.45) is 1.90. The molecule has 46 valence electrons. The zero-order valence-electron chi connectivity index (χ0n) is 5.26. The molecule has 0 aromatic carbocycles. The maximum Gasteiger partial charge on any atom is 0.190 e. The molecule has 0 saturated heterocycles. The van der Waals surface area contributed by atoms with Gasteiger partial charge in [-0.3, -0.25) is 0 Å². The highest BCUT2D eigenvalue weighted by molar-refractivity contribution is 6.61. The van der Waals surface area contributed by atoms with Crippen LogP contribution in [0.4, 0.5) is 0 Å². The molecule has 1 unspecified atom stereocenters. The molecular weight excluding hydrogens is 132 g/mol. The van der Waals surface area contributed by atoms with Gasteiger partial charge in [0.1, 0.15) is 10.5 Å². The minimum Gasteiger partial charge on any atom is -0.463 e. The lowest BCUT2D eigenvalue weighted by atomic mass is 10.8. The molecule has 0 fully saturated rings. The van der Waals surface area contributed by atoms with Crippen molar-refractivity contribution in [2.24, 2.45) is 0 Å². The van der Waals surface area contributed by atoms with E-state index in [1.165, 1.54) is 0 Å². The zero-order chi connectivity index (χ0) is 6.41. The SMILES string of the molecule is C=CC[SiH](C=C)O[SiH3]. The fraction of sp³-hybridized carbons (Fsp3) is 0.200. The second kappa shape index (κ2) is 5.02. The summed E-state index contributed by atoms with van der Waals surface area (Å²) in [6.45, 7) is 7.28. The summed E-state index contributed by atoms with van der Waals surface area (Å²) < 4.78 is 5.23. The van der Waals surface area contributed by atoms with E-state index in [1.807, 2.05) is 11.8 Å². The Morgan fingerprint density at radius 1 is 1.62 bits per heavy atom. The third-order valence-corrected chi connectivity index (χ3v) is 4.71. The average molecular weight is 144 g/mol. The minimum absolute atomic E-state index is 0.839. The van der Waals surface area contributed by atoms with Gasteiger partial charge in [0.15, 0.2) is 9.04 Å². The van der Waals surface area contributed by atoms with E-state index in [0.717, 1.165) is 16.5 Å². The van der Waals surface area contributed by atoms with E-state index >= 15 is 0 Å². The summed E-state index contributed by atoms with van der Waals surface area (Å²) in [7, 11) is -0.146. The van der Waals surface area contributed by atoms with E-state index in [1.54, 1.807) is 0 Å². The molecule has 3 heteroatoms. The van der Waals surface area contributed by atoms with Crippen LogP contribution in [0.5, 0.6) is 0 Å². The normalized spacial score (nSPS) is 13.0. The van der Waals surface area contributed by atoms with Crippen molar-refractivity contribution in [2.75, 3.05) is 0 Å². The van der Waals surface area contributed by atoms with Crippen LogP contribution in [0.1, 0.15) is 0 Å². The van der Waals surface area contributed by atoms with Crippen LogP contribution >= 0.6 is 0 Å². The topological polar surface area (TPSA) is 9.23 Å². The van der Waals surface area contributed by atoms with Gasteiger partial charge in [0, 0.05) is 0 Å². The van der Waals surface area contributed by atoms with Gasteiger partial charge in [-0.05, 0) is 6.04 Å². The third kappa shape index (κ3) is 2.95. The first-order valence-corrected chi connectivity index (χ1v) is 5.38. The molecule has 0 aliphatic rings. The molecule has 0 aromatic rings. The molecule has 0 aromatic heterocycles. The molecule has 0 saturated carbocycles. The molecule has 1 atom stereocenters. The first-order chi connectivity index (χ1) is 3.85. The summed E-state index contributed by atoms with van der Waals surface area (Å²) in [5, 5.41) is 0. The molecule has 0 amide bonds. The number of allylic oxidation sites excluding steroid dienone is 1. The molecule has 0 radical (unpaired) electrons. The van der Waals surface area contributed by atoms with Gasteiger partial charge in [-0.1, -0.05) is 11.8 Å². The van der Waals surface area contributed by atoms with Gasteiger partial charge in [-0.15, -0.1) is 13.2 Å². The van der Waals surface area contributed by atoms with E-state index in [2.05, 4.69) is 13.2 Å². The van der Waals surface area contributed by atoms with E-state index in [0.29, 0.717) is 0 Å². The van der Waals surface area contributed by atoms with Gasteiger partial charge < -0.3 is 4.12 Å². The third-order valence-electron chi connectivity index (χ3n) is 0.965. The number of hydrogen-bond donors (Lipinski definition) is 0. The Balaban J connectivity index is 3.35. The summed E-state index contributed by atoms with van der Waals surface area (Å²) in [5.41, 5.74) is 1.94. The number of hydrogen-bond acceptors (Lipinski definition) is 1. The van der Waals surface area contributed by atoms with Crippen LogP contribution in [0.2, 0.25) is 6.04 Å². The smallest absolute Gasteiger partial charge is 0.190 e. The molecule has 0 aliphatic carbocycles. The second-order valence-corrected chi connectivity index (χ2v) is 5.44. The summed E-state index contributed by atoms with van der Waals surface area (Å²) in [4.78, 5) is 0. The van der Waals surface area contributed by atoms with E-state index < -0.39 is 9.04 Å². The lowest BCUT2D eigenvalue weighted by Crippen LogP contribution is -2.10. The summed E-state index contributed by atoms with van der Waals surface area (Å²) in [6, 6.07) is 1.02. The predicted molar refractivity (Wildman–Crippen MR) is 43.4 cm³/mol. The van der Waals surface area contributed by atoms with Gasteiger partial charge in [0.2, 0.25) is 0 Å². The lowest BCUT2D eigenvalue weighted by Gasteiger charge is -2.02. The lowest BCUT2D eigenvalue weighted by molar-refractivity contribution is 0.648. The molecule has 1 nitrogen and oxygen atoms in total. The second-order valence-electron chi connectivity index (χ2n) is 1.53. The quantitative estimate of drug-likeness (QED) is 0.396. The number of rotatable bonds is 4. The van der Waals surface area contributed by atoms with Crippen LogP contribution in [0.3, 0.4) is 0 Å². The average Bonchev–Trinajstić information content (AvgIpc) is 1.83. The van der Waals surface area contributed by atoms with Crippen molar-refractivity contribution in [1.29, 1.82) is 0 Å². The van der Waals surface area contributed by atoms with Crippen molar-refractivity contribution in [3.05, 3.63) is 24.9 Å². The highest BCUT2D eigenvalue weighted by Gasteiger charge is 1.97. The van der Waals surface area contributed by atoms with Crippen LogP contribution in [0.25, 0.3) is 0 Å². The predicted octanol–water partition coefficient (Wildman–Crippen LogP) is -0.0816. The van der Waals surface area contributed by atoms with Crippen molar-refractivity contribution in [1.82, 2.24) is 0 Å². The Labute approximate surface area is 55.3 Å². The fourth-order valence-corrected chi connectivity index (χ4v) is 2.51. The highest BCUT2D eigenvalue weighted by atomic mass is 28.3. The Hall–Kier alpha value is -0.126. The Morgan fingerprint density at radius 3 is 2.38 bits per heavy atom. The molecule has 0 rings (SSSR count). The summed E-state index contributed by atoms with van der Waals surface area (Å²) in [5.74, 6) is 0. The Kier molecular flexibility index (Phi) is 4.94. The van der Waals surface area contributed by atoms with Gasteiger partial charge >= 0.3 is 0 Å². The Morgan fingerprint density at radius 2 is 2.25 bits per heavy atom. The van der Waals surface area contributed by atoms with Crippen molar-refractivity contribution in [3.63, 3.8) is 0 Å². The van der Waals surface area contributed by atoms with E-state index in [4.69, 9.17) is 4.12 Å². The van der Waals surface area contributed by atoms with Crippen LogP contribution in [-0.2, 0) is 4.12 Å². The van der Waals surface area contributed by atoms with E-state index in [9.17, 15) is 0 Å². The van der Waals surface area contributed by atoms with Crippen LogP contribution in [-0.4, -0.2) is 19.5 Å². The van der Waals surface area contributed by atoms with Gasteiger partial charge in [0.25, 0.3) is 0 Å². The van der Waals surface area contributed by atoms with Crippen molar-refractivity contribution in [3.8, 4) is 0 Å². The summed E-state index contributed by atoms with van der Waals surface area (Å²) >= 11 is 0. The Bertz CT molecular complexity index is 82.5. The standard InChI is InChI=1S/C5H12OSi2/c1-3-5-8(4-2)6-7/h3-4,8H,1-2,5H2,7H3. The molecule has 0 spiro atoms. The molecule has 8 heavy (non-hydrogen) atoms. The first-order valence-electron chi connectivity index (χ1n) is 2.61. The largest absolute Gasteiger partial charge is 0.463 e. The van der Waals surface area contributed by atoms with Crippen molar-refractivity contribution in [2.45, 2.75) is 6.04 Å². The van der Waals surface area contributed by atoms with Gasteiger partial charge in [0.05, 0.1) is 0 Å². The van der Waals surface area contributed by atoms with Gasteiger partial charge in [-0.25, -0.2) is 0 Å². The van der Waals surface area contributed by atoms with Crippen LogP contribution in [0.15, 0.2) is 24.9 Å². The molecule has 0 N–H and O–H groups in total. The van der Waals surface area contributed by atoms with Crippen LogP contribution in [0, 0.1) is 0 Å². The molecule has 0 bridgehead atoms. The monoisotopic (exact) mass is 144 g/mol.